The van der Waals surface area contributed by atoms with Gasteiger partial charge in [-0.3, -0.25) is 0 Å². The van der Waals surface area contributed by atoms with Crippen molar-refractivity contribution in [1.82, 2.24) is 20.0 Å². The molecule has 0 amide bonds. The van der Waals surface area contributed by atoms with Crippen LogP contribution in [0.1, 0.15) is 25.3 Å². The highest BCUT2D eigenvalue weighted by molar-refractivity contribution is 5.90. The van der Waals surface area contributed by atoms with E-state index in [0.29, 0.717) is 12.5 Å². The van der Waals surface area contributed by atoms with E-state index in [1.165, 1.54) is 11.1 Å². The van der Waals surface area contributed by atoms with E-state index in [0.717, 1.165) is 24.0 Å². The highest BCUT2D eigenvalue weighted by Crippen LogP contribution is 2.29. The fraction of sp³-hybridized carbons (Fsp3) is 0.375. The summed E-state index contributed by atoms with van der Waals surface area (Å²) in [6.07, 6.45) is 7.43. The van der Waals surface area contributed by atoms with Crippen LogP contribution in [-0.2, 0) is 0 Å². The van der Waals surface area contributed by atoms with Crippen molar-refractivity contribution in [3.05, 3.63) is 36.3 Å². The van der Waals surface area contributed by atoms with Crippen molar-refractivity contribution in [2.75, 3.05) is 13.6 Å². The Morgan fingerprint density at radius 1 is 1.48 bits per heavy atom. The number of pyridine rings is 1. The van der Waals surface area contributed by atoms with E-state index in [-0.39, 0.29) is 0 Å². The van der Waals surface area contributed by atoms with Gasteiger partial charge >= 0.3 is 0 Å². The predicted octanol–water partition coefficient (Wildman–Crippen LogP) is 2.76. The van der Waals surface area contributed by atoms with Gasteiger partial charge in [-0.15, -0.1) is 0 Å². The number of rotatable bonds is 4. The van der Waals surface area contributed by atoms with Gasteiger partial charge in [-0.25, -0.2) is 9.99 Å². The summed E-state index contributed by atoms with van der Waals surface area (Å²) in [6.45, 7) is 3.03. The molecule has 0 spiro atoms. The largest absolute Gasteiger partial charge is 0.346 e. The van der Waals surface area contributed by atoms with Crippen LogP contribution in [-0.4, -0.2) is 39.6 Å². The Labute approximate surface area is 124 Å². The average molecular weight is 281 g/mol. The summed E-state index contributed by atoms with van der Waals surface area (Å²) in [5.41, 5.74) is 3.43. The molecular formula is C16H19N5. The highest BCUT2D eigenvalue weighted by atomic mass is 15.6. The van der Waals surface area contributed by atoms with Crippen molar-refractivity contribution in [1.29, 1.82) is 5.26 Å². The lowest BCUT2D eigenvalue weighted by atomic mass is 10.1. The van der Waals surface area contributed by atoms with Gasteiger partial charge in [-0.05, 0) is 36.6 Å². The molecule has 0 bridgehead atoms. The third-order valence-corrected chi connectivity index (χ3v) is 4.01. The van der Waals surface area contributed by atoms with Gasteiger partial charge in [0.25, 0.3) is 0 Å². The molecule has 0 saturated heterocycles. The molecule has 0 fully saturated rings. The van der Waals surface area contributed by atoms with Crippen LogP contribution in [0.25, 0.3) is 16.6 Å². The number of hydrazine groups is 1. The molecule has 108 valence electrons. The van der Waals surface area contributed by atoms with Gasteiger partial charge < -0.3 is 9.99 Å². The number of fused-ring (bicyclic) bond motifs is 1. The molecule has 1 N–H and O–H groups in total. The van der Waals surface area contributed by atoms with Gasteiger partial charge in [0.15, 0.2) is 0 Å². The maximum atomic E-state index is 8.74. The Morgan fingerprint density at radius 3 is 3.14 bits per heavy atom. The van der Waals surface area contributed by atoms with E-state index in [4.69, 9.17) is 5.26 Å². The minimum atomic E-state index is 0.329. The van der Waals surface area contributed by atoms with Gasteiger partial charge in [0.2, 0.25) is 0 Å². The average Bonchev–Trinajstić information content (AvgIpc) is 3.10. The molecule has 1 unspecified atom stereocenters. The van der Waals surface area contributed by atoms with Crippen LogP contribution in [0.2, 0.25) is 0 Å². The molecule has 5 nitrogen and oxygen atoms in total. The minimum absolute atomic E-state index is 0.329. The Hall–Kier alpha value is -2.32. The topological polar surface area (TPSA) is 59.0 Å². The standard InChI is InChI=1S/C16H19N5/c1-12(4-3-7-17)21-11-13(10-20(21)2)14-5-8-18-16-15(14)6-9-19-16/h5-6,8-9,11-12H,3-4,10H2,1-2H3,(H,18,19). The van der Waals surface area contributed by atoms with Gasteiger partial charge in [0, 0.05) is 50.0 Å². The zero-order valence-electron chi connectivity index (χ0n) is 12.4. The number of nitrogens with zero attached hydrogens (tertiary/aromatic N) is 4. The van der Waals surface area contributed by atoms with Crippen molar-refractivity contribution in [3.8, 4) is 6.07 Å². The number of hydrogen-bond acceptors (Lipinski definition) is 4. The molecule has 0 saturated carbocycles. The van der Waals surface area contributed by atoms with Crippen LogP contribution < -0.4 is 0 Å². The van der Waals surface area contributed by atoms with E-state index in [2.05, 4.69) is 58.4 Å². The van der Waals surface area contributed by atoms with E-state index in [1.807, 2.05) is 12.4 Å². The number of H-pyrrole nitrogens is 1. The summed E-state index contributed by atoms with van der Waals surface area (Å²) >= 11 is 0. The van der Waals surface area contributed by atoms with Gasteiger partial charge in [-0.1, -0.05) is 0 Å². The first-order valence-corrected chi connectivity index (χ1v) is 7.20. The van der Waals surface area contributed by atoms with E-state index in [9.17, 15) is 0 Å². The molecule has 21 heavy (non-hydrogen) atoms. The molecule has 2 aromatic rings. The first-order valence-electron chi connectivity index (χ1n) is 7.20. The third kappa shape index (κ3) is 2.50. The summed E-state index contributed by atoms with van der Waals surface area (Å²) in [7, 11) is 2.09. The van der Waals surface area contributed by atoms with Crippen molar-refractivity contribution in [2.24, 2.45) is 0 Å². The summed E-state index contributed by atoms with van der Waals surface area (Å²) in [5, 5.41) is 14.3. The second-order valence-corrected chi connectivity index (χ2v) is 5.49. The lowest BCUT2D eigenvalue weighted by molar-refractivity contribution is 0.0423. The summed E-state index contributed by atoms with van der Waals surface area (Å²) in [6, 6.07) is 6.69. The van der Waals surface area contributed by atoms with Crippen LogP contribution in [0, 0.1) is 11.3 Å². The number of nitriles is 1. The molecule has 0 aromatic carbocycles. The number of aromatic nitrogens is 2. The molecule has 2 aromatic heterocycles. The van der Waals surface area contributed by atoms with E-state index in [1.54, 1.807) is 0 Å². The first-order chi connectivity index (χ1) is 10.2. The molecule has 3 heterocycles. The number of nitrogens with one attached hydrogen (secondary N) is 1. The fourth-order valence-electron chi connectivity index (χ4n) is 2.89. The van der Waals surface area contributed by atoms with Gasteiger partial charge in [0.05, 0.1) is 6.07 Å². The van der Waals surface area contributed by atoms with Crippen molar-refractivity contribution in [3.63, 3.8) is 0 Å². The van der Waals surface area contributed by atoms with E-state index < -0.39 is 0 Å². The minimum Gasteiger partial charge on any atom is -0.346 e. The maximum absolute atomic E-state index is 8.74. The number of hydrogen-bond donors (Lipinski definition) is 1. The molecule has 1 aliphatic rings. The van der Waals surface area contributed by atoms with Crippen LogP contribution in [0.15, 0.2) is 30.7 Å². The Morgan fingerprint density at radius 2 is 2.33 bits per heavy atom. The summed E-state index contributed by atoms with van der Waals surface area (Å²) in [5.74, 6) is 0. The molecule has 0 radical (unpaired) electrons. The number of aromatic amines is 1. The molecule has 3 rings (SSSR count). The quantitative estimate of drug-likeness (QED) is 0.936. The molecule has 1 aliphatic heterocycles. The molecular weight excluding hydrogens is 262 g/mol. The first kappa shape index (κ1) is 13.7. The van der Waals surface area contributed by atoms with Gasteiger partial charge in [0.1, 0.15) is 5.65 Å². The normalized spacial score (nSPS) is 17.0. The van der Waals surface area contributed by atoms with Crippen LogP contribution in [0.3, 0.4) is 0 Å². The van der Waals surface area contributed by atoms with Crippen molar-refractivity contribution < 1.29 is 0 Å². The summed E-state index contributed by atoms with van der Waals surface area (Å²) < 4.78 is 0. The predicted molar refractivity (Wildman–Crippen MR) is 82.8 cm³/mol. The van der Waals surface area contributed by atoms with Crippen LogP contribution >= 0.6 is 0 Å². The smallest absolute Gasteiger partial charge is 0.137 e. The third-order valence-electron chi connectivity index (χ3n) is 4.01. The summed E-state index contributed by atoms with van der Waals surface area (Å²) in [4.78, 5) is 7.50. The van der Waals surface area contributed by atoms with Crippen molar-refractivity contribution in [2.45, 2.75) is 25.8 Å². The van der Waals surface area contributed by atoms with E-state index >= 15 is 0 Å². The zero-order chi connectivity index (χ0) is 14.8. The highest BCUT2D eigenvalue weighted by Gasteiger charge is 2.24. The molecule has 1 atom stereocenters. The van der Waals surface area contributed by atoms with Crippen LogP contribution in [0.4, 0.5) is 0 Å². The second-order valence-electron chi connectivity index (χ2n) is 5.49. The Bertz CT molecular complexity index is 709. The molecule has 5 heteroatoms. The maximum Gasteiger partial charge on any atom is 0.137 e. The Balaban J connectivity index is 1.90. The van der Waals surface area contributed by atoms with Gasteiger partial charge in [-0.2, -0.15) is 5.26 Å². The number of likely N-dealkylation sites (N-methyl/N-ethyl adjacent to an activating group) is 1. The zero-order valence-corrected chi connectivity index (χ0v) is 12.4. The second kappa shape index (κ2) is 5.58. The van der Waals surface area contributed by atoms with Crippen molar-refractivity contribution >= 4 is 16.6 Å². The van der Waals surface area contributed by atoms with Crippen LogP contribution in [0.5, 0.6) is 0 Å². The monoisotopic (exact) mass is 281 g/mol. The Kier molecular flexibility index (Phi) is 3.63. The lowest BCUT2D eigenvalue weighted by Gasteiger charge is -2.30. The SMILES string of the molecule is CC(CCC#N)N1C=C(c2ccnc3[nH]ccc23)CN1C. The fourth-order valence-corrected chi connectivity index (χ4v) is 2.89. The molecule has 0 aliphatic carbocycles. The lowest BCUT2D eigenvalue weighted by Crippen LogP contribution is -2.38.